The lowest BCUT2D eigenvalue weighted by atomic mass is 9.86. The molecule has 4 nitrogen and oxygen atoms in total. The lowest BCUT2D eigenvalue weighted by Crippen LogP contribution is -2.40. The van der Waals surface area contributed by atoms with Crippen molar-refractivity contribution in [3.63, 3.8) is 0 Å². The first-order chi connectivity index (χ1) is 8.35. The van der Waals surface area contributed by atoms with Gasteiger partial charge >= 0.3 is 5.97 Å². The first kappa shape index (κ1) is 14.9. The lowest BCUT2D eigenvalue weighted by Gasteiger charge is -2.31. The Morgan fingerprint density at radius 1 is 1.33 bits per heavy atom. The van der Waals surface area contributed by atoms with Gasteiger partial charge in [-0.25, -0.2) is 8.78 Å². The summed E-state index contributed by atoms with van der Waals surface area (Å²) in [5.41, 5.74) is 0. The van der Waals surface area contributed by atoms with Gasteiger partial charge in [0.25, 0.3) is 0 Å². The van der Waals surface area contributed by atoms with Gasteiger partial charge in [-0.05, 0) is 19.8 Å². The van der Waals surface area contributed by atoms with Crippen molar-refractivity contribution in [1.82, 2.24) is 4.90 Å². The van der Waals surface area contributed by atoms with E-state index in [1.807, 2.05) is 0 Å². The molecule has 104 valence electrons. The van der Waals surface area contributed by atoms with Crippen LogP contribution in [0.1, 0.15) is 39.0 Å². The minimum absolute atomic E-state index is 0.109. The van der Waals surface area contributed by atoms with E-state index in [1.54, 1.807) is 6.92 Å². The van der Waals surface area contributed by atoms with Crippen molar-refractivity contribution in [2.24, 2.45) is 5.92 Å². The van der Waals surface area contributed by atoms with Gasteiger partial charge in [-0.1, -0.05) is 0 Å². The zero-order valence-electron chi connectivity index (χ0n) is 10.5. The molecule has 0 aromatic carbocycles. The van der Waals surface area contributed by atoms with Crippen molar-refractivity contribution in [3.8, 4) is 0 Å². The van der Waals surface area contributed by atoms with E-state index in [-0.39, 0.29) is 50.5 Å². The zero-order valence-corrected chi connectivity index (χ0v) is 10.5. The average molecular weight is 263 g/mol. The summed E-state index contributed by atoms with van der Waals surface area (Å²) in [5, 5.41) is 8.58. The maximum absolute atomic E-state index is 13.0. The van der Waals surface area contributed by atoms with Gasteiger partial charge in [-0.3, -0.25) is 9.59 Å². The van der Waals surface area contributed by atoms with Crippen LogP contribution in [0.3, 0.4) is 0 Å². The number of carboxylic acids is 1. The third kappa shape index (κ3) is 4.23. The van der Waals surface area contributed by atoms with Gasteiger partial charge in [0.05, 0.1) is 6.42 Å². The molecule has 6 heteroatoms. The molecule has 0 unspecified atom stereocenters. The Kier molecular flexibility index (Phi) is 5.04. The molecule has 0 spiro atoms. The van der Waals surface area contributed by atoms with Gasteiger partial charge in [0, 0.05) is 31.8 Å². The van der Waals surface area contributed by atoms with E-state index in [9.17, 15) is 18.4 Å². The fourth-order valence-electron chi connectivity index (χ4n) is 2.20. The second kappa shape index (κ2) is 6.11. The molecule has 0 radical (unpaired) electrons. The maximum Gasteiger partial charge on any atom is 0.305 e. The first-order valence-electron chi connectivity index (χ1n) is 6.24. The van der Waals surface area contributed by atoms with Gasteiger partial charge in [0.15, 0.2) is 0 Å². The number of carbonyl (C=O) groups excluding carboxylic acids is 1. The van der Waals surface area contributed by atoms with Crippen LogP contribution in [0.5, 0.6) is 0 Å². The summed E-state index contributed by atoms with van der Waals surface area (Å²) in [6, 6.07) is 0. The fourth-order valence-corrected chi connectivity index (χ4v) is 2.20. The minimum atomic E-state index is -2.64. The normalized spacial score (nSPS) is 19.5. The van der Waals surface area contributed by atoms with Crippen LogP contribution >= 0.6 is 0 Å². The minimum Gasteiger partial charge on any atom is -0.481 e. The van der Waals surface area contributed by atoms with Crippen molar-refractivity contribution < 1.29 is 23.5 Å². The number of alkyl halides is 2. The van der Waals surface area contributed by atoms with E-state index >= 15 is 0 Å². The molecule has 0 aromatic rings. The third-order valence-corrected chi connectivity index (χ3v) is 3.36. The highest BCUT2D eigenvalue weighted by Gasteiger charge is 2.38. The number of rotatable bonds is 5. The molecule has 0 aromatic heterocycles. The standard InChI is InChI=1S/C12H19F2NO3/c1-2-15(8-5-10(16)17)11(18)9-3-6-12(13,14)7-4-9/h9H,2-8H2,1H3,(H,16,17). The van der Waals surface area contributed by atoms with Crippen molar-refractivity contribution >= 4 is 11.9 Å². The smallest absolute Gasteiger partial charge is 0.305 e. The number of carbonyl (C=O) groups is 2. The molecule has 1 rings (SSSR count). The van der Waals surface area contributed by atoms with E-state index in [0.29, 0.717) is 6.54 Å². The highest BCUT2D eigenvalue weighted by atomic mass is 19.3. The van der Waals surface area contributed by atoms with Gasteiger partial charge in [0.2, 0.25) is 11.8 Å². The summed E-state index contributed by atoms with van der Waals surface area (Å²) < 4.78 is 26.0. The summed E-state index contributed by atoms with van der Waals surface area (Å²) in [6.07, 6.45) is -0.229. The van der Waals surface area contributed by atoms with Crippen molar-refractivity contribution in [3.05, 3.63) is 0 Å². The molecule has 0 atom stereocenters. The number of halogens is 2. The topological polar surface area (TPSA) is 57.6 Å². The summed E-state index contributed by atoms with van der Waals surface area (Å²) in [6.45, 7) is 2.33. The van der Waals surface area contributed by atoms with E-state index in [2.05, 4.69) is 0 Å². The summed E-state index contributed by atoms with van der Waals surface area (Å²) in [5.74, 6) is -4.17. The molecule has 1 N–H and O–H groups in total. The lowest BCUT2D eigenvalue weighted by molar-refractivity contribution is -0.141. The van der Waals surface area contributed by atoms with Crippen molar-refractivity contribution in [2.75, 3.05) is 13.1 Å². The number of hydrogen-bond acceptors (Lipinski definition) is 2. The van der Waals surface area contributed by atoms with Crippen LogP contribution in [0.25, 0.3) is 0 Å². The number of nitrogens with zero attached hydrogens (tertiary/aromatic N) is 1. The summed E-state index contributed by atoms with van der Waals surface area (Å²) in [7, 11) is 0. The van der Waals surface area contributed by atoms with Crippen LogP contribution in [0, 0.1) is 5.92 Å². The molecule has 1 aliphatic carbocycles. The van der Waals surface area contributed by atoms with Gasteiger partial charge < -0.3 is 10.0 Å². The van der Waals surface area contributed by atoms with Crippen molar-refractivity contribution in [1.29, 1.82) is 0 Å². The Morgan fingerprint density at radius 3 is 2.33 bits per heavy atom. The van der Waals surface area contributed by atoms with Crippen LogP contribution < -0.4 is 0 Å². The monoisotopic (exact) mass is 263 g/mol. The van der Waals surface area contributed by atoms with Gasteiger partial charge in [-0.2, -0.15) is 0 Å². The molecule has 1 saturated carbocycles. The van der Waals surface area contributed by atoms with Crippen LogP contribution in [0.4, 0.5) is 8.78 Å². The second-order valence-corrected chi connectivity index (χ2v) is 4.69. The largest absolute Gasteiger partial charge is 0.481 e. The number of aliphatic carboxylic acids is 1. The van der Waals surface area contributed by atoms with E-state index in [4.69, 9.17) is 5.11 Å². The second-order valence-electron chi connectivity index (χ2n) is 4.69. The van der Waals surface area contributed by atoms with Crippen LogP contribution in [0.15, 0.2) is 0 Å². The van der Waals surface area contributed by atoms with Crippen molar-refractivity contribution in [2.45, 2.75) is 45.0 Å². The SMILES string of the molecule is CCN(CCC(=O)O)C(=O)C1CCC(F)(F)CC1. The highest BCUT2D eigenvalue weighted by Crippen LogP contribution is 2.36. The van der Waals surface area contributed by atoms with Crippen LogP contribution in [-0.2, 0) is 9.59 Å². The zero-order chi connectivity index (χ0) is 13.8. The fraction of sp³-hybridized carbons (Fsp3) is 0.833. The Labute approximate surface area is 105 Å². The summed E-state index contributed by atoms with van der Waals surface area (Å²) in [4.78, 5) is 24.0. The predicted molar refractivity (Wildman–Crippen MR) is 61.4 cm³/mol. The Hall–Kier alpha value is -1.20. The highest BCUT2D eigenvalue weighted by molar-refractivity contribution is 5.79. The molecular weight excluding hydrogens is 244 g/mol. The molecule has 1 aliphatic rings. The quantitative estimate of drug-likeness (QED) is 0.826. The molecule has 1 amide bonds. The molecule has 0 aliphatic heterocycles. The number of hydrogen-bond donors (Lipinski definition) is 1. The van der Waals surface area contributed by atoms with E-state index in [1.165, 1.54) is 4.90 Å². The summed E-state index contributed by atoms with van der Waals surface area (Å²) >= 11 is 0. The first-order valence-corrected chi connectivity index (χ1v) is 6.24. The van der Waals surface area contributed by atoms with Crippen LogP contribution in [0.2, 0.25) is 0 Å². The molecule has 0 heterocycles. The average Bonchev–Trinajstić information content (AvgIpc) is 2.29. The number of carboxylic acid groups (broad SMARTS) is 1. The van der Waals surface area contributed by atoms with E-state index in [0.717, 1.165) is 0 Å². The molecule has 1 fully saturated rings. The van der Waals surface area contributed by atoms with E-state index < -0.39 is 11.9 Å². The third-order valence-electron chi connectivity index (χ3n) is 3.36. The Morgan fingerprint density at radius 2 is 1.89 bits per heavy atom. The molecule has 0 saturated heterocycles. The Balaban J connectivity index is 2.49. The predicted octanol–water partition coefficient (Wildman–Crippen LogP) is 2.14. The maximum atomic E-state index is 13.0. The molecular formula is C12H19F2NO3. The molecule has 0 bridgehead atoms. The molecule has 18 heavy (non-hydrogen) atoms. The van der Waals surface area contributed by atoms with Gasteiger partial charge in [0.1, 0.15) is 0 Å². The Bertz CT molecular complexity index is 310. The van der Waals surface area contributed by atoms with Gasteiger partial charge in [-0.15, -0.1) is 0 Å². The van der Waals surface area contributed by atoms with Crippen LogP contribution in [-0.4, -0.2) is 40.9 Å². The number of amides is 1.